The van der Waals surface area contributed by atoms with Gasteiger partial charge in [-0.25, -0.2) is 4.79 Å². The first-order valence-corrected chi connectivity index (χ1v) is 4.84. The number of aliphatic carboxylic acids is 2. The van der Waals surface area contributed by atoms with Gasteiger partial charge in [0.05, 0.1) is 4.91 Å². The Balaban J connectivity index is 2.88. The van der Waals surface area contributed by atoms with Crippen LogP contribution in [0.15, 0.2) is 11.0 Å². The summed E-state index contributed by atoms with van der Waals surface area (Å²) in [4.78, 5) is 32.9. The maximum Gasteiger partial charge on any atom is 0.329 e. The molecular weight excluding hydrogens is 242 g/mol. The Morgan fingerprint density at radius 1 is 1.47 bits per heavy atom. The van der Waals surface area contributed by atoms with Gasteiger partial charge in [0.1, 0.15) is 10.9 Å². The molecule has 1 rings (SSSR count). The number of carbonyl (C=O) groups is 3. The number of carboxylic acid groups (broad SMARTS) is 2. The first kappa shape index (κ1) is 11.7. The maximum absolute atomic E-state index is 11.4. The first-order valence-electron chi connectivity index (χ1n) is 3.62. The summed E-state index contributed by atoms with van der Waals surface area (Å²) in [5.41, 5.74) is 0. The van der Waals surface area contributed by atoms with E-state index in [1.807, 2.05) is 0 Å². The van der Waals surface area contributed by atoms with Gasteiger partial charge < -0.3 is 10.2 Å². The van der Waals surface area contributed by atoms with Crippen molar-refractivity contribution in [2.75, 3.05) is 6.54 Å². The smallest absolute Gasteiger partial charge is 0.329 e. The zero-order valence-corrected chi connectivity index (χ0v) is 8.80. The van der Waals surface area contributed by atoms with Crippen molar-refractivity contribution >= 4 is 46.1 Å². The minimum absolute atomic E-state index is 0.0508. The van der Waals surface area contributed by atoms with Crippen LogP contribution in [0.1, 0.15) is 0 Å². The Labute approximate surface area is 93.5 Å². The minimum atomic E-state index is -1.27. The molecule has 6 nitrogen and oxygen atoms in total. The Morgan fingerprint density at radius 2 is 2.07 bits per heavy atom. The second-order valence-electron chi connectivity index (χ2n) is 2.50. The standard InChI is InChI=1S/C7H5NO5S2/c9-4(10)1-3-6(13)8(2-5(11)12)7(14)15-3/h1H,2H2,(H,9,10)(H,11,12)/b3-1+. The van der Waals surface area contributed by atoms with Crippen LogP contribution in [0.3, 0.4) is 0 Å². The molecule has 0 aliphatic carbocycles. The van der Waals surface area contributed by atoms with E-state index in [9.17, 15) is 14.4 Å². The van der Waals surface area contributed by atoms with E-state index < -0.39 is 24.4 Å². The number of carbonyl (C=O) groups excluding carboxylic acids is 1. The second-order valence-corrected chi connectivity index (χ2v) is 4.18. The average Bonchev–Trinajstić information content (AvgIpc) is 2.31. The molecule has 0 unspecified atom stereocenters. The van der Waals surface area contributed by atoms with Gasteiger partial charge >= 0.3 is 11.9 Å². The molecule has 1 heterocycles. The zero-order chi connectivity index (χ0) is 11.6. The highest BCUT2D eigenvalue weighted by Crippen LogP contribution is 2.30. The molecule has 0 radical (unpaired) electrons. The van der Waals surface area contributed by atoms with Crippen LogP contribution in [0, 0.1) is 0 Å². The lowest BCUT2D eigenvalue weighted by atomic mass is 10.4. The van der Waals surface area contributed by atoms with E-state index in [1.54, 1.807) is 0 Å². The predicted molar refractivity (Wildman–Crippen MR) is 55.3 cm³/mol. The summed E-state index contributed by atoms with van der Waals surface area (Å²) >= 11 is 5.51. The lowest BCUT2D eigenvalue weighted by Crippen LogP contribution is -2.33. The van der Waals surface area contributed by atoms with Crippen LogP contribution in [0.2, 0.25) is 0 Å². The number of hydrogen-bond acceptors (Lipinski definition) is 5. The Bertz CT molecular complexity index is 389. The van der Waals surface area contributed by atoms with Crippen molar-refractivity contribution in [2.45, 2.75) is 0 Å². The van der Waals surface area contributed by atoms with E-state index in [0.29, 0.717) is 6.08 Å². The number of rotatable bonds is 3. The van der Waals surface area contributed by atoms with Gasteiger partial charge in [-0.05, 0) is 0 Å². The SMILES string of the molecule is O=C(O)/C=C1/SC(=S)N(CC(=O)O)C1=O. The molecular formula is C7H5NO5S2. The molecule has 1 amide bonds. The van der Waals surface area contributed by atoms with E-state index in [2.05, 4.69) is 0 Å². The fourth-order valence-electron chi connectivity index (χ4n) is 0.884. The quantitative estimate of drug-likeness (QED) is 0.531. The third-order valence-corrected chi connectivity index (χ3v) is 2.80. The van der Waals surface area contributed by atoms with Crippen molar-refractivity contribution in [3.05, 3.63) is 11.0 Å². The largest absolute Gasteiger partial charge is 0.480 e. The summed E-state index contributed by atoms with van der Waals surface area (Å²) in [6, 6.07) is 0. The van der Waals surface area contributed by atoms with Crippen LogP contribution in [0.25, 0.3) is 0 Å². The van der Waals surface area contributed by atoms with Crippen LogP contribution >= 0.6 is 24.0 Å². The maximum atomic E-state index is 11.4. The number of hydrogen-bond donors (Lipinski definition) is 2. The summed E-state index contributed by atoms with van der Waals surface area (Å²) in [6.07, 6.45) is 0.709. The molecule has 8 heteroatoms. The molecule has 0 atom stereocenters. The monoisotopic (exact) mass is 247 g/mol. The van der Waals surface area contributed by atoms with Crippen molar-refractivity contribution in [2.24, 2.45) is 0 Å². The van der Waals surface area contributed by atoms with E-state index >= 15 is 0 Å². The van der Waals surface area contributed by atoms with Gasteiger partial charge in [-0.1, -0.05) is 24.0 Å². The van der Waals surface area contributed by atoms with Crippen LogP contribution in [-0.4, -0.2) is 43.8 Å². The Morgan fingerprint density at radius 3 is 2.53 bits per heavy atom. The van der Waals surface area contributed by atoms with E-state index in [-0.39, 0.29) is 9.23 Å². The van der Waals surface area contributed by atoms with E-state index in [4.69, 9.17) is 22.4 Å². The molecule has 0 aromatic heterocycles. The molecule has 0 aromatic carbocycles. The summed E-state index contributed by atoms with van der Waals surface area (Å²) in [5, 5.41) is 16.9. The summed E-state index contributed by atoms with van der Waals surface area (Å²) in [5.74, 6) is -3.16. The molecule has 1 aliphatic heterocycles. The van der Waals surface area contributed by atoms with Crippen LogP contribution in [0.4, 0.5) is 0 Å². The highest BCUT2D eigenvalue weighted by molar-refractivity contribution is 8.26. The predicted octanol–water partition coefficient (Wildman–Crippen LogP) is -0.100. The lowest BCUT2D eigenvalue weighted by molar-refractivity contribution is -0.140. The molecule has 0 spiro atoms. The first-order chi connectivity index (χ1) is 6.91. The number of thiocarbonyl (C=S) groups is 1. The molecule has 0 aromatic rings. The second kappa shape index (κ2) is 4.41. The van der Waals surface area contributed by atoms with Crippen molar-refractivity contribution < 1.29 is 24.6 Å². The van der Waals surface area contributed by atoms with E-state index in [1.165, 1.54) is 0 Å². The van der Waals surface area contributed by atoms with Gasteiger partial charge in [0.15, 0.2) is 0 Å². The van der Waals surface area contributed by atoms with Gasteiger partial charge in [-0.2, -0.15) is 0 Å². The molecule has 1 aliphatic rings. The molecule has 80 valence electrons. The molecule has 0 bridgehead atoms. The highest BCUT2D eigenvalue weighted by Gasteiger charge is 2.33. The molecule has 15 heavy (non-hydrogen) atoms. The van der Waals surface area contributed by atoms with Gasteiger partial charge in [-0.15, -0.1) is 0 Å². The van der Waals surface area contributed by atoms with Gasteiger partial charge in [-0.3, -0.25) is 14.5 Å². The Kier molecular flexibility index (Phi) is 3.43. The zero-order valence-electron chi connectivity index (χ0n) is 7.17. The van der Waals surface area contributed by atoms with Gasteiger partial charge in [0.2, 0.25) is 0 Å². The number of thioether (sulfide) groups is 1. The fourth-order valence-corrected chi connectivity index (χ4v) is 2.10. The number of nitrogens with zero attached hydrogens (tertiary/aromatic N) is 1. The van der Waals surface area contributed by atoms with Crippen LogP contribution < -0.4 is 0 Å². The molecule has 1 fully saturated rings. The third-order valence-electron chi connectivity index (χ3n) is 1.42. The third kappa shape index (κ3) is 2.77. The number of carboxylic acids is 2. The van der Waals surface area contributed by atoms with Crippen molar-refractivity contribution in [3.63, 3.8) is 0 Å². The average molecular weight is 247 g/mol. The van der Waals surface area contributed by atoms with Crippen LogP contribution in [-0.2, 0) is 14.4 Å². The van der Waals surface area contributed by atoms with Crippen LogP contribution in [0.5, 0.6) is 0 Å². The van der Waals surface area contributed by atoms with Crippen molar-refractivity contribution in [1.82, 2.24) is 4.90 Å². The van der Waals surface area contributed by atoms with Gasteiger partial charge in [0, 0.05) is 6.08 Å². The summed E-state index contributed by atoms with van der Waals surface area (Å²) < 4.78 is 0.0508. The summed E-state index contributed by atoms with van der Waals surface area (Å²) in [6.45, 7) is -0.554. The highest BCUT2D eigenvalue weighted by atomic mass is 32.2. The summed E-state index contributed by atoms with van der Waals surface area (Å²) in [7, 11) is 0. The van der Waals surface area contributed by atoms with Crippen molar-refractivity contribution in [1.29, 1.82) is 0 Å². The van der Waals surface area contributed by atoms with E-state index in [0.717, 1.165) is 16.7 Å². The van der Waals surface area contributed by atoms with Crippen molar-refractivity contribution in [3.8, 4) is 0 Å². The van der Waals surface area contributed by atoms with Gasteiger partial charge in [0.25, 0.3) is 5.91 Å². The minimum Gasteiger partial charge on any atom is -0.480 e. The normalized spacial score (nSPS) is 18.7. The topological polar surface area (TPSA) is 94.9 Å². The molecule has 0 saturated carbocycles. The fraction of sp³-hybridized carbons (Fsp3) is 0.143. The lowest BCUT2D eigenvalue weighted by Gasteiger charge is -2.09. The Hall–Kier alpha value is -1.41. The number of amides is 1. The molecule has 2 N–H and O–H groups in total. The molecule has 1 saturated heterocycles.